The molecule has 0 aliphatic rings. The molecule has 0 N–H and O–H groups in total. The highest BCUT2D eigenvalue weighted by atomic mass is 16.5. The van der Waals surface area contributed by atoms with Gasteiger partial charge in [-0.05, 0) is 25.1 Å². The second-order valence-electron chi connectivity index (χ2n) is 3.71. The van der Waals surface area contributed by atoms with Gasteiger partial charge in [0.2, 0.25) is 5.78 Å². The first-order chi connectivity index (χ1) is 7.78. The maximum absolute atomic E-state index is 5.17. The Kier molecular flexibility index (Phi) is 1.83. The number of aromatic nitrogens is 3. The lowest BCUT2D eigenvalue weighted by molar-refractivity contribution is 0.415. The molecule has 0 bridgehead atoms. The summed E-state index contributed by atoms with van der Waals surface area (Å²) in [5.74, 6) is 1.54. The van der Waals surface area contributed by atoms with Crippen LogP contribution in [0.4, 0.5) is 0 Å². The molecule has 0 aliphatic carbocycles. The molecule has 0 radical (unpaired) electrons. The fraction of sp³-hybridized carbons (Fsp3) is 0.167. The lowest BCUT2D eigenvalue weighted by atomic mass is 10.3. The molecule has 4 nitrogen and oxygen atoms in total. The van der Waals surface area contributed by atoms with Crippen molar-refractivity contribution >= 4 is 16.8 Å². The minimum absolute atomic E-state index is 0.725. The molecule has 2 heterocycles. The van der Waals surface area contributed by atoms with Gasteiger partial charge in [-0.15, -0.1) is 0 Å². The van der Waals surface area contributed by atoms with Gasteiger partial charge >= 0.3 is 0 Å². The van der Waals surface area contributed by atoms with E-state index >= 15 is 0 Å². The lowest BCUT2D eigenvalue weighted by Gasteiger charge is -1.98. The minimum atomic E-state index is 0.725. The van der Waals surface area contributed by atoms with E-state index in [0.29, 0.717) is 0 Å². The van der Waals surface area contributed by atoms with E-state index in [2.05, 4.69) is 9.97 Å². The maximum atomic E-state index is 5.17. The van der Waals surface area contributed by atoms with Gasteiger partial charge in [0.25, 0.3) is 0 Å². The molecule has 0 aliphatic heterocycles. The Labute approximate surface area is 92.5 Å². The molecule has 2 aromatic heterocycles. The normalized spacial score (nSPS) is 11.1. The van der Waals surface area contributed by atoms with Gasteiger partial charge in [-0.2, -0.15) is 0 Å². The number of hydrogen-bond donors (Lipinski definition) is 0. The van der Waals surface area contributed by atoms with E-state index in [-0.39, 0.29) is 0 Å². The molecule has 0 saturated carbocycles. The third-order valence-electron chi connectivity index (χ3n) is 2.62. The molecular weight excluding hydrogens is 202 g/mol. The first kappa shape index (κ1) is 9.15. The predicted molar refractivity (Wildman–Crippen MR) is 61.8 cm³/mol. The van der Waals surface area contributed by atoms with E-state index in [1.165, 1.54) is 0 Å². The molecule has 0 spiro atoms. The molecular formula is C12H11N3O. The van der Waals surface area contributed by atoms with Gasteiger partial charge in [0.15, 0.2) is 0 Å². The summed E-state index contributed by atoms with van der Waals surface area (Å²) in [6.45, 7) is 1.96. The highest BCUT2D eigenvalue weighted by Gasteiger charge is 2.06. The van der Waals surface area contributed by atoms with E-state index in [1.54, 1.807) is 7.11 Å². The number of imidazole rings is 1. The van der Waals surface area contributed by atoms with Crippen molar-refractivity contribution in [1.82, 2.24) is 14.4 Å². The van der Waals surface area contributed by atoms with Gasteiger partial charge in [0.1, 0.15) is 5.75 Å². The number of hydrogen-bond acceptors (Lipinski definition) is 3. The fourth-order valence-corrected chi connectivity index (χ4v) is 1.80. The molecule has 0 atom stereocenters. The molecule has 0 amide bonds. The molecule has 0 unspecified atom stereocenters. The topological polar surface area (TPSA) is 39.4 Å². The number of rotatable bonds is 1. The van der Waals surface area contributed by atoms with E-state index < -0.39 is 0 Å². The SMILES string of the molecule is COc1ccc2c(c1)nc1nc(C)ccn12. The molecule has 0 saturated heterocycles. The van der Waals surface area contributed by atoms with Crippen LogP contribution in [0.1, 0.15) is 5.69 Å². The quantitative estimate of drug-likeness (QED) is 0.622. The molecule has 3 rings (SSSR count). The Morgan fingerprint density at radius 1 is 1.19 bits per heavy atom. The summed E-state index contributed by atoms with van der Waals surface area (Å²) in [5, 5.41) is 0. The Hall–Kier alpha value is -2.10. The van der Waals surface area contributed by atoms with Crippen molar-refractivity contribution in [2.24, 2.45) is 0 Å². The first-order valence-electron chi connectivity index (χ1n) is 5.07. The summed E-state index contributed by atoms with van der Waals surface area (Å²) < 4.78 is 7.15. The van der Waals surface area contributed by atoms with Gasteiger partial charge in [-0.3, -0.25) is 4.40 Å². The Balaban J connectivity index is 2.40. The molecule has 0 fully saturated rings. The number of fused-ring (bicyclic) bond motifs is 3. The largest absolute Gasteiger partial charge is 0.497 e. The average Bonchev–Trinajstić information content (AvgIpc) is 2.64. The van der Waals surface area contributed by atoms with Crippen molar-refractivity contribution in [3.8, 4) is 5.75 Å². The van der Waals surface area contributed by atoms with Crippen LogP contribution < -0.4 is 4.74 Å². The lowest BCUT2D eigenvalue weighted by Crippen LogP contribution is -1.89. The van der Waals surface area contributed by atoms with Crippen molar-refractivity contribution in [2.75, 3.05) is 7.11 Å². The minimum Gasteiger partial charge on any atom is -0.497 e. The summed E-state index contributed by atoms with van der Waals surface area (Å²) in [4.78, 5) is 8.84. The smallest absolute Gasteiger partial charge is 0.235 e. The van der Waals surface area contributed by atoms with Crippen LogP contribution in [0.3, 0.4) is 0 Å². The second kappa shape index (κ2) is 3.20. The summed E-state index contributed by atoms with van der Waals surface area (Å²) in [6.07, 6.45) is 1.99. The van der Waals surface area contributed by atoms with E-state index in [1.807, 2.05) is 41.8 Å². The zero-order valence-electron chi connectivity index (χ0n) is 9.14. The summed E-state index contributed by atoms with van der Waals surface area (Å²) >= 11 is 0. The first-order valence-corrected chi connectivity index (χ1v) is 5.07. The number of nitrogens with zero attached hydrogens (tertiary/aromatic N) is 3. The van der Waals surface area contributed by atoms with Crippen molar-refractivity contribution < 1.29 is 4.74 Å². The predicted octanol–water partition coefficient (Wildman–Crippen LogP) is 2.20. The van der Waals surface area contributed by atoms with Crippen LogP contribution in [0.15, 0.2) is 30.5 Å². The van der Waals surface area contributed by atoms with Gasteiger partial charge in [-0.1, -0.05) is 0 Å². The standard InChI is InChI=1S/C12H11N3O/c1-8-5-6-15-11-4-3-9(16-2)7-10(11)14-12(15)13-8/h3-7H,1-2H3. The maximum Gasteiger partial charge on any atom is 0.235 e. The molecule has 4 heteroatoms. The number of aryl methyl sites for hydroxylation is 1. The molecule has 1 aromatic carbocycles. The summed E-state index contributed by atoms with van der Waals surface area (Å²) in [7, 11) is 1.65. The van der Waals surface area contributed by atoms with Crippen LogP contribution in [0.2, 0.25) is 0 Å². The third kappa shape index (κ3) is 1.23. The van der Waals surface area contributed by atoms with E-state index in [4.69, 9.17) is 4.74 Å². The average molecular weight is 213 g/mol. The number of ether oxygens (including phenoxy) is 1. The number of benzene rings is 1. The monoisotopic (exact) mass is 213 g/mol. The van der Waals surface area contributed by atoms with Crippen molar-refractivity contribution in [3.05, 3.63) is 36.2 Å². The van der Waals surface area contributed by atoms with Gasteiger partial charge in [0.05, 0.1) is 18.1 Å². The van der Waals surface area contributed by atoms with Crippen LogP contribution in [0.25, 0.3) is 16.8 Å². The van der Waals surface area contributed by atoms with Gasteiger partial charge < -0.3 is 4.74 Å². The highest BCUT2D eigenvalue weighted by molar-refractivity contribution is 5.80. The van der Waals surface area contributed by atoms with Crippen LogP contribution in [0, 0.1) is 6.92 Å². The zero-order valence-corrected chi connectivity index (χ0v) is 9.14. The highest BCUT2D eigenvalue weighted by Crippen LogP contribution is 2.20. The summed E-state index contributed by atoms with van der Waals surface area (Å²) in [6, 6.07) is 7.80. The van der Waals surface area contributed by atoms with Crippen molar-refractivity contribution in [3.63, 3.8) is 0 Å². The molecule has 16 heavy (non-hydrogen) atoms. The third-order valence-corrected chi connectivity index (χ3v) is 2.62. The van der Waals surface area contributed by atoms with Crippen LogP contribution >= 0.6 is 0 Å². The van der Waals surface area contributed by atoms with Gasteiger partial charge in [-0.25, -0.2) is 9.97 Å². The van der Waals surface area contributed by atoms with Crippen molar-refractivity contribution in [1.29, 1.82) is 0 Å². The van der Waals surface area contributed by atoms with Crippen LogP contribution in [-0.4, -0.2) is 21.5 Å². The Morgan fingerprint density at radius 2 is 2.06 bits per heavy atom. The zero-order chi connectivity index (χ0) is 11.1. The van der Waals surface area contributed by atoms with Gasteiger partial charge in [0, 0.05) is 18.0 Å². The Morgan fingerprint density at radius 3 is 2.88 bits per heavy atom. The fourth-order valence-electron chi connectivity index (χ4n) is 1.80. The molecule has 80 valence electrons. The van der Waals surface area contributed by atoms with Crippen molar-refractivity contribution in [2.45, 2.75) is 6.92 Å². The second-order valence-corrected chi connectivity index (χ2v) is 3.71. The van der Waals surface area contributed by atoms with Crippen LogP contribution in [0.5, 0.6) is 5.75 Å². The Bertz CT molecular complexity index is 672. The number of methoxy groups -OCH3 is 1. The van der Waals surface area contributed by atoms with E-state index in [0.717, 1.165) is 28.3 Å². The molecule has 3 aromatic rings. The summed E-state index contributed by atoms with van der Waals surface area (Å²) in [5.41, 5.74) is 2.91. The van der Waals surface area contributed by atoms with Crippen LogP contribution in [-0.2, 0) is 0 Å². The van der Waals surface area contributed by atoms with E-state index in [9.17, 15) is 0 Å².